The molecule has 0 saturated carbocycles. The minimum atomic E-state index is -0.518. The Hall–Kier alpha value is -3.34. The van der Waals surface area contributed by atoms with Gasteiger partial charge in [0, 0.05) is 5.69 Å². The van der Waals surface area contributed by atoms with Crippen LogP contribution in [-0.4, -0.2) is 17.9 Å². The van der Waals surface area contributed by atoms with Crippen molar-refractivity contribution < 1.29 is 14.3 Å². The van der Waals surface area contributed by atoms with Crippen LogP contribution in [0.15, 0.2) is 60.7 Å². The van der Waals surface area contributed by atoms with E-state index in [1.165, 1.54) is 0 Å². The maximum atomic E-state index is 12.4. The summed E-state index contributed by atoms with van der Waals surface area (Å²) in [4.78, 5) is 24.1. The zero-order valence-corrected chi connectivity index (χ0v) is 14.3. The highest BCUT2D eigenvalue weighted by Crippen LogP contribution is 2.32. The Kier molecular flexibility index (Phi) is 4.05. The molecule has 0 aromatic heterocycles. The number of carbonyl (C=O) groups is 2. The number of hydrogen-bond donors (Lipinski definition) is 2. The number of rotatable bonds is 3. The van der Waals surface area contributed by atoms with Gasteiger partial charge in [-0.3, -0.25) is 9.59 Å². The van der Waals surface area contributed by atoms with Crippen LogP contribution in [0.2, 0.25) is 0 Å². The molecule has 1 heterocycles. The highest BCUT2D eigenvalue weighted by Gasteiger charge is 2.23. The lowest BCUT2D eigenvalue weighted by Gasteiger charge is -2.23. The second-order valence-electron chi connectivity index (χ2n) is 6.37. The molecule has 26 heavy (non-hydrogen) atoms. The largest absolute Gasteiger partial charge is 0.479 e. The number of ether oxygens (including phenoxy) is 1. The Balaban J connectivity index is 1.47. The second-order valence-corrected chi connectivity index (χ2v) is 6.37. The van der Waals surface area contributed by atoms with Crippen molar-refractivity contribution in [2.24, 2.45) is 0 Å². The molecular formula is C21H18N2O3. The highest BCUT2D eigenvalue weighted by molar-refractivity contribution is 5.99. The van der Waals surface area contributed by atoms with Crippen LogP contribution in [-0.2, 0) is 16.0 Å². The second kappa shape index (κ2) is 6.52. The van der Waals surface area contributed by atoms with Crippen LogP contribution in [0.4, 0.5) is 11.4 Å². The standard InChI is InChI=1S/C21H18N2O3/c1-13-21(25)23-18-12-17(8-9-19(18)26-13)22-20(24)11-14-6-7-15-4-2-3-5-16(15)10-14/h2-10,12-13H,11H2,1H3,(H,22,24)(H,23,25)/t13-/m1/s1. The molecule has 1 atom stereocenters. The van der Waals surface area contributed by atoms with Crippen molar-refractivity contribution in [1.29, 1.82) is 0 Å². The summed E-state index contributed by atoms with van der Waals surface area (Å²) in [6.45, 7) is 1.69. The maximum absolute atomic E-state index is 12.4. The Morgan fingerprint density at radius 3 is 2.73 bits per heavy atom. The Morgan fingerprint density at radius 2 is 1.88 bits per heavy atom. The molecule has 0 unspecified atom stereocenters. The number of anilines is 2. The molecule has 2 N–H and O–H groups in total. The zero-order valence-electron chi connectivity index (χ0n) is 14.3. The van der Waals surface area contributed by atoms with Gasteiger partial charge < -0.3 is 15.4 Å². The van der Waals surface area contributed by atoms with E-state index in [0.717, 1.165) is 16.3 Å². The molecule has 3 aromatic rings. The van der Waals surface area contributed by atoms with E-state index < -0.39 is 6.10 Å². The van der Waals surface area contributed by atoms with E-state index in [-0.39, 0.29) is 18.2 Å². The third-order valence-corrected chi connectivity index (χ3v) is 4.37. The number of nitrogens with one attached hydrogen (secondary N) is 2. The van der Waals surface area contributed by atoms with Gasteiger partial charge in [0.15, 0.2) is 6.10 Å². The van der Waals surface area contributed by atoms with Gasteiger partial charge in [-0.05, 0) is 41.5 Å². The minimum absolute atomic E-state index is 0.114. The third kappa shape index (κ3) is 3.24. The average Bonchev–Trinajstić information content (AvgIpc) is 2.63. The Morgan fingerprint density at radius 1 is 1.08 bits per heavy atom. The molecule has 2 amide bonds. The topological polar surface area (TPSA) is 67.4 Å². The first-order valence-electron chi connectivity index (χ1n) is 8.47. The van der Waals surface area contributed by atoms with E-state index in [1.54, 1.807) is 25.1 Å². The van der Waals surface area contributed by atoms with E-state index in [0.29, 0.717) is 17.1 Å². The summed E-state index contributed by atoms with van der Waals surface area (Å²) >= 11 is 0. The van der Waals surface area contributed by atoms with Crippen molar-refractivity contribution in [1.82, 2.24) is 0 Å². The summed E-state index contributed by atoms with van der Waals surface area (Å²) < 4.78 is 5.52. The van der Waals surface area contributed by atoms with Gasteiger partial charge >= 0.3 is 0 Å². The fourth-order valence-electron chi connectivity index (χ4n) is 3.03. The van der Waals surface area contributed by atoms with Gasteiger partial charge in [-0.15, -0.1) is 0 Å². The minimum Gasteiger partial charge on any atom is -0.479 e. The number of fused-ring (bicyclic) bond motifs is 2. The predicted molar refractivity (Wildman–Crippen MR) is 101 cm³/mol. The lowest BCUT2D eigenvalue weighted by Crippen LogP contribution is -2.34. The normalized spacial score (nSPS) is 15.7. The van der Waals surface area contributed by atoms with Crippen LogP contribution in [0.1, 0.15) is 12.5 Å². The molecule has 130 valence electrons. The predicted octanol–water partition coefficient (Wildman–Crippen LogP) is 3.74. The molecule has 5 nitrogen and oxygen atoms in total. The molecular weight excluding hydrogens is 328 g/mol. The number of amides is 2. The zero-order chi connectivity index (χ0) is 18.1. The summed E-state index contributed by atoms with van der Waals surface area (Å²) in [5, 5.41) is 7.91. The fourth-order valence-corrected chi connectivity index (χ4v) is 3.03. The number of benzene rings is 3. The summed E-state index contributed by atoms with van der Waals surface area (Å²) in [7, 11) is 0. The molecule has 0 aliphatic carbocycles. The smallest absolute Gasteiger partial charge is 0.265 e. The lowest BCUT2D eigenvalue weighted by atomic mass is 10.0. The molecule has 4 rings (SSSR count). The monoisotopic (exact) mass is 346 g/mol. The van der Waals surface area contributed by atoms with Crippen molar-refractivity contribution in [3.8, 4) is 5.75 Å². The molecule has 5 heteroatoms. The highest BCUT2D eigenvalue weighted by atomic mass is 16.5. The third-order valence-electron chi connectivity index (χ3n) is 4.37. The summed E-state index contributed by atoms with van der Waals surface area (Å²) in [5.41, 5.74) is 2.13. The molecule has 0 spiro atoms. The van der Waals surface area contributed by atoms with Crippen molar-refractivity contribution in [2.45, 2.75) is 19.4 Å². The van der Waals surface area contributed by atoms with Gasteiger partial charge in [-0.2, -0.15) is 0 Å². The SMILES string of the molecule is C[C@H]1Oc2ccc(NC(=O)Cc3ccc4ccccc4c3)cc2NC1=O. The maximum Gasteiger partial charge on any atom is 0.265 e. The van der Waals surface area contributed by atoms with Gasteiger partial charge in [-0.1, -0.05) is 42.5 Å². The molecule has 0 saturated heterocycles. The first-order valence-corrected chi connectivity index (χ1v) is 8.47. The van der Waals surface area contributed by atoms with E-state index >= 15 is 0 Å². The fraction of sp³-hybridized carbons (Fsp3) is 0.143. The van der Waals surface area contributed by atoms with Gasteiger partial charge in [-0.25, -0.2) is 0 Å². The van der Waals surface area contributed by atoms with Crippen molar-refractivity contribution in [2.75, 3.05) is 10.6 Å². The van der Waals surface area contributed by atoms with Crippen LogP contribution < -0.4 is 15.4 Å². The van der Waals surface area contributed by atoms with Crippen LogP contribution in [0.25, 0.3) is 10.8 Å². The number of carbonyl (C=O) groups excluding carboxylic acids is 2. The molecule has 1 aliphatic heterocycles. The Bertz CT molecular complexity index is 1010. The summed E-state index contributed by atoms with van der Waals surface area (Å²) in [6, 6.07) is 19.3. The number of hydrogen-bond acceptors (Lipinski definition) is 3. The van der Waals surface area contributed by atoms with Crippen molar-refractivity contribution >= 4 is 34.0 Å². The van der Waals surface area contributed by atoms with Gasteiger partial charge in [0.25, 0.3) is 5.91 Å². The van der Waals surface area contributed by atoms with E-state index in [2.05, 4.69) is 10.6 Å². The molecule has 0 bridgehead atoms. The molecule has 3 aromatic carbocycles. The summed E-state index contributed by atoms with van der Waals surface area (Å²) in [5.74, 6) is 0.290. The average molecular weight is 346 g/mol. The first-order chi connectivity index (χ1) is 12.6. The Labute approximate surface area is 151 Å². The van der Waals surface area contributed by atoms with Crippen LogP contribution in [0.5, 0.6) is 5.75 Å². The first kappa shape index (κ1) is 16.1. The van der Waals surface area contributed by atoms with E-state index in [9.17, 15) is 9.59 Å². The van der Waals surface area contributed by atoms with Gasteiger partial charge in [0.05, 0.1) is 12.1 Å². The molecule has 1 aliphatic rings. The quantitative estimate of drug-likeness (QED) is 0.759. The molecule has 0 radical (unpaired) electrons. The summed E-state index contributed by atoms with van der Waals surface area (Å²) in [6.07, 6.45) is -0.238. The molecule has 0 fully saturated rings. The van der Waals surface area contributed by atoms with Crippen LogP contribution >= 0.6 is 0 Å². The van der Waals surface area contributed by atoms with Crippen LogP contribution in [0, 0.1) is 0 Å². The van der Waals surface area contributed by atoms with E-state index in [1.807, 2.05) is 42.5 Å². The lowest BCUT2D eigenvalue weighted by molar-refractivity contribution is -0.122. The van der Waals surface area contributed by atoms with Crippen molar-refractivity contribution in [3.05, 3.63) is 66.2 Å². The van der Waals surface area contributed by atoms with Crippen molar-refractivity contribution in [3.63, 3.8) is 0 Å². The van der Waals surface area contributed by atoms with Crippen LogP contribution in [0.3, 0.4) is 0 Å². The van der Waals surface area contributed by atoms with Gasteiger partial charge in [0.2, 0.25) is 5.91 Å². The van der Waals surface area contributed by atoms with Gasteiger partial charge in [0.1, 0.15) is 5.75 Å². The van der Waals surface area contributed by atoms with E-state index in [4.69, 9.17) is 4.74 Å².